The van der Waals surface area contributed by atoms with Gasteiger partial charge in [0, 0.05) is 41.1 Å². The zero-order valence-electron chi connectivity index (χ0n) is 22.8. The smallest absolute Gasteiger partial charge is 0.266 e. The predicted octanol–water partition coefficient (Wildman–Crippen LogP) is 6.18. The molecule has 9 heteroatoms. The Balaban J connectivity index is 1.50. The number of nitrogens with zero attached hydrogens (tertiary/aromatic N) is 1. The van der Waals surface area contributed by atoms with E-state index in [1.54, 1.807) is 6.07 Å². The number of aliphatic hydroxyl groups is 1. The minimum Gasteiger partial charge on any atom is -0.494 e. The molecule has 0 saturated carbocycles. The van der Waals surface area contributed by atoms with Crippen LogP contribution in [0.2, 0.25) is 5.02 Å². The molecule has 7 nitrogen and oxygen atoms in total. The molecule has 5 rings (SSSR count). The molecule has 0 saturated heterocycles. The van der Waals surface area contributed by atoms with E-state index in [0.717, 1.165) is 26.7 Å². The fourth-order valence-corrected chi connectivity index (χ4v) is 5.46. The minimum absolute atomic E-state index is 0.0687. The number of amides is 1. The van der Waals surface area contributed by atoms with Crippen LogP contribution in [0.15, 0.2) is 113 Å². The standard InChI is InChI=1S/C33H31BrClN3O4/c34-29-13-5-4-11-26(29)21-33(32(40)38-36-22-23-8-6-12-27(35)20-23)30(24-9-2-1-3-10-24)42-31(37-33)25-14-16-28(17-15-25)41-19-7-18-39/h1-6,8-17,20,30,36,39H,7,18-19,21-22H2,(H,38,40)/t30-,33-/m0/s1. The second kappa shape index (κ2) is 14.0. The average molecular weight is 649 g/mol. The molecule has 0 fully saturated rings. The first-order chi connectivity index (χ1) is 20.5. The lowest BCUT2D eigenvalue weighted by atomic mass is 9.82. The second-order valence-electron chi connectivity index (χ2n) is 9.91. The van der Waals surface area contributed by atoms with Crippen LogP contribution < -0.4 is 15.6 Å². The van der Waals surface area contributed by atoms with Crippen molar-refractivity contribution >= 4 is 39.3 Å². The number of aliphatic imine (C=N–C) groups is 1. The molecule has 4 aromatic rings. The summed E-state index contributed by atoms with van der Waals surface area (Å²) < 4.78 is 13.1. The highest BCUT2D eigenvalue weighted by molar-refractivity contribution is 9.10. The molecule has 1 amide bonds. The fraction of sp³-hybridized carbons (Fsp3) is 0.212. The minimum atomic E-state index is -1.34. The monoisotopic (exact) mass is 647 g/mol. The number of benzene rings is 4. The summed E-state index contributed by atoms with van der Waals surface area (Å²) in [6.07, 6.45) is 0.132. The highest BCUT2D eigenvalue weighted by Crippen LogP contribution is 2.43. The van der Waals surface area contributed by atoms with Crippen LogP contribution in [0.25, 0.3) is 0 Å². The third-order valence-corrected chi connectivity index (χ3v) is 7.94. The number of carbonyl (C=O) groups excluding carboxylic acids is 1. The van der Waals surface area contributed by atoms with Gasteiger partial charge in [0.2, 0.25) is 5.90 Å². The lowest BCUT2D eigenvalue weighted by Crippen LogP contribution is -2.53. The number of halogens is 2. The van der Waals surface area contributed by atoms with Crippen molar-refractivity contribution < 1.29 is 19.4 Å². The van der Waals surface area contributed by atoms with Gasteiger partial charge in [0.15, 0.2) is 11.6 Å². The fourth-order valence-electron chi connectivity index (χ4n) is 4.82. The molecule has 3 N–H and O–H groups in total. The van der Waals surface area contributed by atoms with E-state index >= 15 is 0 Å². The van der Waals surface area contributed by atoms with E-state index in [4.69, 9.17) is 31.2 Å². The highest BCUT2D eigenvalue weighted by atomic mass is 79.9. The van der Waals surface area contributed by atoms with Gasteiger partial charge in [0.25, 0.3) is 5.91 Å². The Labute approximate surface area is 258 Å². The van der Waals surface area contributed by atoms with Gasteiger partial charge in [-0.3, -0.25) is 10.2 Å². The molecule has 216 valence electrons. The largest absolute Gasteiger partial charge is 0.494 e. The molecule has 0 spiro atoms. The first-order valence-electron chi connectivity index (χ1n) is 13.7. The van der Waals surface area contributed by atoms with Gasteiger partial charge < -0.3 is 14.6 Å². The van der Waals surface area contributed by atoms with E-state index in [-0.39, 0.29) is 18.9 Å². The summed E-state index contributed by atoms with van der Waals surface area (Å²) in [5.41, 5.74) is 8.03. The van der Waals surface area contributed by atoms with Gasteiger partial charge in [0.05, 0.1) is 6.61 Å². The lowest BCUT2D eigenvalue weighted by Gasteiger charge is -2.31. The quantitative estimate of drug-likeness (QED) is 0.126. The van der Waals surface area contributed by atoms with Crippen molar-refractivity contribution in [3.8, 4) is 5.75 Å². The van der Waals surface area contributed by atoms with Crippen molar-refractivity contribution in [2.24, 2.45) is 4.99 Å². The lowest BCUT2D eigenvalue weighted by molar-refractivity contribution is -0.130. The van der Waals surface area contributed by atoms with Gasteiger partial charge in [-0.05, 0) is 59.2 Å². The van der Waals surface area contributed by atoms with Crippen LogP contribution in [-0.2, 0) is 22.5 Å². The summed E-state index contributed by atoms with van der Waals surface area (Å²) in [4.78, 5) is 19.3. The van der Waals surface area contributed by atoms with Crippen LogP contribution in [-0.4, -0.2) is 35.7 Å². The maximum Gasteiger partial charge on any atom is 0.266 e. The van der Waals surface area contributed by atoms with Crippen molar-refractivity contribution in [2.45, 2.75) is 31.0 Å². The molecule has 0 aliphatic carbocycles. The number of carbonyl (C=O) groups is 1. The Kier molecular flexibility index (Phi) is 9.92. The number of aliphatic hydroxyl groups excluding tert-OH is 1. The van der Waals surface area contributed by atoms with Crippen LogP contribution in [0.3, 0.4) is 0 Å². The van der Waals surface area contributed by atoms with Crippen LogP contribution >= 0.6 is 27.5 Å². The Bertz CT molecular complexity index is 1530. The van der Waals surface area contributed by atoms with Crippen LogP contribution in [0.5, 0.6) is 5.75 Å². The van der Waals surface area contributed by atoms with E-state index < -0.39 is 11.6 Å². The SMILES string of the molecule is O=C(NNCc1cccc(Cl)c1)[C@@]1(Cc2ccccc2Br)N=C(c2ccc(OCCCO)cc2)O[C@H]1c1ccccc1. The van der Waals surface area contributed by atoms with Gasteiger partial charge in [0.1, 0.15) is 5.75 Å². The molecule has 0 aromatic heterocycles. The third-order valence-electron chi connectivity index (χ3n) is 6.93. The van der Waals surface area contributed by atoms with Crippen molar-refractivity contribution in [3.05, 3.63) is 135 Å². The van der Waals surface area contributed by atoms with E-state index in [1.165, 1.54) is 0 Å². The number of hydrogen-bond acceptors (Lipinski definition) is 6. The molecule has 1 aliphatic heterocycles. The Hall–Kier alpha value is -3.69. The van der Waals surface area contributed by atoms with Gasteiger partial charge in [-0.1, -0.05) is 88.2 Å². The van der Waals surface area contributed by atoms with E-state index in [9.17, 15) is 4.79 Å². The molecular formula is C33H31BrClN3O4. The zero-order chi connectivity index (χ0) is 29.4. The topological polar surface area (TPSA) is 92.2 Å². The zero-order valence-corrected chi connectivity index (χ0v) is 25.1. The molecule has 0 radical (unpaired) electrons. The molecule has 4 aromatic carbocycles. The third kappa shape index (κ3) is 7.02. The van der Waals surface area contributed by atoms with Crippen molar-refractivity contribution in [1.29, 1.82) is 0 Å². The maximum absolute atomic E-state index is 14.3. The second-order valence-corrected chi connectivity index (χ2v) is 11.2. The maximum atomic E-state index is 14.3. The average Bonchev–Trinajstić information content (AvgIpc) is 3.40. The Morgan fingerprint density at radius 1 is 1.00 bits per heavy atom. The highest BCUT2D eigenvalue weighted by Gasteiger charge is 2.53. The molecule has 0 unspecified atom stereocenters. The van der Waals surface area contributed by atoms with Crippen LogP contribution in [0.1, 0.15) is 34.8 Å². The van der Waals surface area contributed by atoms with Gasteiger partial charge in [-0.15, -0.1) is 0 Å². The first-order valence-corrected chi connectivity index (χ1v) is 14.8. The molecule has 42 heavy (non-hydrogen) atoms. The van der Waals surface area contributed by atoms with Crippen molar-refractivity contribution in [2.75, 3.05) is 13.2 Å². The van der Waals surface area contributed by atoms with E-state index in [1.807, 2.05) is 97.1 Å². The van der Waals surface area contributed by atoms with Crippen LogP contribution in [0.4, 0.5) is 0 Å². The Morgan fingerprint density at radius 3 is 2.50 bits per heavy atom. The number of rotatable bonds is 12. The molecule has 2 atom stereocenters. The number of ether oxygens (including phenoxy) is 2. The Morgan fingerprint density at radius 2 is 1.76 bits per heavy atom. The molecule has 1 aliphatic rings. The number of nitrogens with one attached hydrogen (secondary N) is 2. The summed E-state index contributed by atoms with van der Waals surface area (Å²) in [6, 6.07) is 32.3. The molecule has 0 bridgehead atoms. The van der Waals surface area contributed by atoms with Crippen LogP contribution in [0, 0.1) is 0 Å². The predicted molar refractivity (Wildman–Crippen MR) is 167 cm³/mol. The van der Waals surface area contributed by atoms with E-state index in [0.29, 0.717) is 36.2 Å². The van der Waals surface area contributed by atoms with E-state index in [2.05, 4.69) is 26.8 Å². The van der Waals surface area contributed by atoms with Gasteiger partial charge >= 0.3 is 0 Å². The first kappa shape index (κ1) is 29.8. The van der Waals surface area contributed by atoms with Crippen molar-refractivity contribution in [1.82, 2.24) is 10.9 Å². The summed E-state index contributed by atoms with van der Waals surface area (Å²) in [6.45, 7) is 0.864. The summed E-state index contributed by atoms with van der Waals surface area (Å²) in [7, 11) is 0. The number of hydrogen-bond donors (Lipinski definition) is 3. The van der Waals surface area contributed by atoms with Gasteiger partial charge in [-0.2, -0.15) is 0 Å². The molecular weight excluding hydrogens is 618 g/mol. The number of hydrazine groups is 1. The summed E-state index contributed by atoms with van der Waals surface area (Å²) in [5, 5.41) is 9.66. The molecule has 1 heterocycles. The van der Waals surface area contributed by atoms with Gasteiger partial charge in [-0.25, -0.2) is 10.4 Å². The summed E-state index contributed by atoms with van der Waals surface area (Å²) in [5.74, 6) is 0.712. The summed E-state index contributed by atoms with van der Waals surface area (Å²) >= 11 is 9.81. The normalized spacial score (nSPS) is 17.8. The van der Waals surface area contributed by atoms with Crippen molar-refractivity contribution in [3.63, 3.8) is 0 Å².